The van der Waals surface area contributed by atoms with E-state index in [4.69, 9.17) is 23.7 Å². The van der Waals surface area contributed by atoms with Crippen molar-refractivity contribution in [2.24, 2.45) is 11.8 Å². The van der Waals surface area contributed by atoms with Gasteiger partial charge in [-0.15, -0.1) is 0 Å². The maximum atomic E-state index is 13.6. The highest BCUT2D eigenvalue weighted by Gasteiger charge is 2.47. The van der Waals surface area contributed by atoms with E-state index in [0.717, 1.165) is 44.7 Å². The van der Waals surface area contributed by atoms with Crippen LogP contribution in [0.25, 0.3) is 0 Å². The Balaban J connectivity index is 1.45. The van der Waals surface area contributed by atoms with Gasteiger partial charge in [0.25, 0.3) is 0 Å². The van der Waals surface area contributed by atoms with Crippen molar-refractivity contribution in [2.45, 2.75) is 140 Å². The summed E-state index contributed by atoms with van der Waals surface area (Å²) in [6, 6.07) is 0.485. The normalized spacial score (nSPS) is 34.6. The molecule has 1 amide bonds. The average molecular weight is 721 g/mol. The number of aliphatic hydroxyl groups excluding tert-OH is 2. The van der Waals surface area contributed by atoms with Crippen molar-refractivity contribution >= 4 is 12.1 Å². The molecule has 51 heavy (non-hydrogen) atoms. The zero-order chi connectivity index (χ0) is 37.3. The molecule has 10 unspecified atom stereocenters. The number of ether oxygens (including phenoxy) is 5. The minimum absolute atomic E-state index is 0.00596. The zero-order valence-electron chi connectivity index (χ0n) is 31.9. The number of rotatable bonds is 11. The first-order valence-electron chi connectivity index (χ1n) is 19.0. The number of cyclic esters (lactones) is 1. The molecule has 0 spiro atoms. The predicted octanol–water partition coefficient (Wildman–Crippen LogP) is 4.16. The molecule has 0 saturated carbocycles. The number of nitrogens with zero attached hydrogens (tertiary/aromatic N) is 2. The number of piperazine rings is 1. The molecule has 3 fully saturated rings. The Labute approximate surface area is 304 Å². The van der Waals surface area contributed by atoms with E-state index in [-0.39, 0.29) is 36.9 Å². The number of hydrogen-bond donors (Lipinski definition) is 3. The van der Waals surface area contributed by atoms with Gasteiger partial charge in [-0.2, -0.15) is 0 Å². The van der Waals surface area contributed by atoms with Crippen LogP contribution in [0, 0.1) is 11.8 Å². The van der Waals surface area contributed by atoms with Gasteiger partial charge in [0.15, 0.2) is 6.10 Å². The third-order valence-electron chi connectivity index (χ3n) is 11.3. The lowest BCUT2D eigenvalue weighted by atomic mass is 9.88. The molecule has 4 rings (SSSR count). The van der Waals surface area contributed by atoms with Gasteiger partial charge in [0, 0.05) is 70.8 Å². The van der Waals surface area contributed by atoms with Crippen molar-refractivity contribution < 1.29 is 48.6 Å². The number of amides is 1. The number of esters is 1. The molecule has 0 aromatic rings. The van der Waals surface area contributed by atoms with Crippen LogP contribution in [0.1, 0.15) is 86.5 Å². The van der Waals surface area contributed by atoms with E-state index in [9.17, 15) is 24.9 Å². The van der Waals surface area contributed by atoms with Crippen LogP contribution in [0.4, 0.5) is 4.79 Å². The Kier molecular flexibility index (Phi) is 15.1. The van der Waals surface area contributed by atoms with E-state index < -0.39 is 47.7 Å². The van der Waals surface area contributed by atoms with Crippen LogP contribution >= 0.6 is 0 Å². The Morgan fingerprint density at radius 2 is 1.86 bits per heavy atom. The first kappa shape index (κ1) is 41.4. The Morgan fingerprint density at radius 1 is 1.18 bits per heavy atom. The summed E-state index contributed by atoms with van der Waals surface area (Å²) in [6.45, 7) is 15.5. The van der Waals surface area contributed by atoms with Gasteiger partial charge in [0.2, 0.25) is 0 Å². The molecule has 0 aromatic heterocycles. The number of aliphatic hydroxyl groups is 3. The second-order valence-corrected chi connectivity index (χ2v) is 15.5. The van der Waals surface area contributed by atoms with Gasteiger partial charge in [-0.25, -0.2) is 4.79 Å². The van der Waals surface area contributed by atoms with Crippen LogP contribution < -0.4 is 0 Å². The summed E-state index contributed by atoms with van der Waals surface area (Å²) in [5.41, 5.74) is -1.36. The van der Waals surface area contributed by atoms with Gasteiger partial charge in [-0.1, -0.05) is 45.1 Å². The van der Waals surface area contributed by atoms with Crippen LogP contribution in [-0.2, 0) is 28.5 Å². The second kappa shape index (κ2) is 18.6. The molecule has 10 atom stereocenters. The monoisotopic (exact) mass is 720 g/mol. The van der Waals surface area contributed by atoms with Crippen molar-refractivity contribution in [3.63, 3.8) is 0 Å². The molecule has 0 radical (unpaired) electrons. The largest absolute Gasteiger partial charge is 0.457 e. The molecule has 4 heterocycles. The summed E-state index contributed by atoms with van der Waals surface area (Å²) in [7, 11) is 1.57. The molecule has 0 aromatic carbocycles. The summed E-state index contributed by atoms with van der Waals surface area (Å²) in [5, 5.41) is 32.1. The van der Waals surface area contributed by atoms with Crippen LogP contribution in [0.5, 0.6) is 0 Å². The average Bonchev–Trinajstić information content (AvgIpc) is 3.88. The van der Waals surface area contributed by atoms with E-state index in [1.54, 1.807) is 31.1 Å². The lowest BCUT2D eigenvalue weighted by Gasteiger charge is -2.41. The quantitative estimate of drug-likeness (QED) is 0.122. The fraction of sp³-hybridized carbons (Fsp3) is 0.795. The fourth-order valence-corrected chi connectivity index (χ4v) is 7.51. The summed E-state index contributed by atoms with van der Waals surface area (Å²) < 4.78 is 29.4. The number of methoxy groups -OCH3 is 1. The van der Waals surface area contributed by atoms with Crippen molar-refractivity contribution in [1.29, 1.82) is 0 Å². The van der Waals surface area contributed by atoms with Gasteiger partial charge in [-0.05, 0) is 64.5 Å². The van der Waals surface area contributed by atoms with Crippen molar-refractivity contribution in [3.8, 4) is 0 Å². The first-order chi connectivity index (χ1) is 24.2. The fourth-order valence-electron chi connectivity index (χ4n) is 7.51. The maximum Gasteiger partial charge on any atom is 0.410 e. The summed E-state index contributed by atoms with van der Waals surface area (Å²) in [4.78, 5) is 30.7. The van der Waals surface area contributed by atoms with Crippen molar-refractivity contribution in [1.82, 2.24) is 9.80 Å². The third-order valence-corrected chi connectivity index (χ3v) is 11.3. The number of allylic oxidation sites excluding steroid dienone is 2. The molecule has 12 heteroatoms. The highest BCUT2D eigenvalue weighted by Crippen LogP contribution is 2.38. The Hall–Kier alpha value is -2.32. The van der Waals surface area contributed by atoms with Crippen LogP contribution in [-0.4, -0.2) is 138 Å². The number of hydrogen-bond acceptors (Lipinski definition) is 11. The molecule has 12 nitrogen and oxygen atoms in total. The van der Waals surface area contributed by atoms with Gasteiger partial charge in [0.05, 0.1) is 36.4 Å². The molecule has 4 aliphatic heterocycles. The highest BCUT2D eigenvalue weighted by atomic mass is 16.6. The van der Waals surface area contributed by atoms with Crippen LogP contribution in [0.2, 0.25) is 0 Å². The third kappa shape index (κ3) is 11.8. The van der Waals surface area contributed by atoms with E-state index in [1.807, 2.05) is 52.8 Å². The lowest BCUT2D eigenvalue weighted by molar-refractivity contribution is -0.151. The molecule has 290 valence electrons. The molecule has 4 aliphatic rings. The van der Waals surface area contributed by atoms with Crippen LogP contribution in [0.15, 0.2) is 36.0 Å². The number of carbonyl (C=O) groups is 2. The minimum Gasteiger partial charge on any atom is -0.457 e. The predicted molar refractivity (Wildman–Crippen MR) is 193 cm³/mol. The molecule has 3 saturated heterocycles. The molecular formula is C39H64N2O10. The lowest BCUT2D eigenvalue weighted by Crippen LogP contribution is -2.54. The van der Waals surface area contributed by atoms with Gasteiger partial charge in [0.1, 0.15) is 11.7 Å². The molecular weight excluding hydrogens is 656 g/mol. The van der Waals surface area contributed by atoms with Gasteiger partial charge >= 0.3 is 12.1 Å². The van der Waals surface area contributed by atoms with Gasteiger partial charge < -0.3 is 43.9 Å². The first-order valence-corrected chi connectivity index (χ1v) is 19.0. The SMILES string of the molecule is CCC(O)C(C)C1OC1CC(C)(O)C=CC=C(C)C1OC(=O)CC(O)CCC(C)(OC)C(OC(=O)N2CCN(C3CCOCC3)CC2)C=CC1C. The van der Waals surface area contributed by atoms with E-state index in [2.05, 4.69) is 4.90 Å². The summed E-state index contributed by atoms with van der Waals surface area (Å²) in [5.74, 6) is -0.846. The smallest absolute Gasteiger partial charge is 0.410 e. The Morgan fingerprint density at radius 3 is 2.51 bits per heavy atom. The van der Waals surface area contributed by atoms with E-state index in [0.29, 0.717) is 38.4 Å². The standard InChI is InChI=1S/C39H64N2O10/c1-8-31(43)28(4)36-32(49-36)25-38(5,46)16-9-10-26(2)35-27(3)11-12-33(39(6,47-7)17-13-30(42)24-34(44)51-35)50-37(45)41-20-18-40(19-21-41)29-14-22-48-23-15-29/h9-12,16,27-33,35-36,42-43,46H,8,13-15,17-25H2,1-7H3. The van der Waals surface area contributed by atoms with Crippen molar-refractivity contribution in [2.75, 3.05) is 46.5 Å². The second-order valence-electron chi connectivity index (χ2n) is 15.5. The van der Waals surface area contributed by atoms with E-state index in [1.165, 1.54) is 0 Å². The van der Waals surface area contributed by atoms with E-state index >= 15 is 0 Å². The Bertz CT molecular complexity index is 1220. The van der Waals surface area contributed by atoms with Crippen molar-refractivity contribution in [3.05, 3.63) is 36.0 Å². The maximum absolute atomic E-state index is 13.6. The number of epoxide rings is 1. The zero-order valence-corrected chi connectivity index (χ0v) is 31.9. The molecule has 0 bridgehead atoms. The highest BCUT2D eigenvalue weighted by molar-refractivity contribution is 5.70. The molecule has 0 aliphatic carbocycles. The minimum atomic E-state index is -1.15. The summed E-state index contributed by atoms with van der Waals surface area (Å²) in [6.07, 6.45) is 8.99. The topological polar surface area (TPSA) is 151 Å². The van der Waals surface area contributed by atoms with Gasteiger partial charge in [-0.3, -0.25) is 9.69 Å². The van der Waals surface area contributed by atoms with Crippen LogP contribution in [0.3, 0.4) is 0 Å². The number of carbonyl (C=O) groups excluding carboxylic acids is 2. The summed E-state index contributed by atoms with van der Waals surface area (Å²) >= 11 is 0. The molecule has 3 N–H and O–H groups in total.